The Kier molecular flexibility index (Phi) is 4.05. The molecule has 0 aliphatic heterocycles. The number of rotatable bonds is 3. The monoisotopic (exact) mass is 315 g/mol. The Balaban J connectivity index is 1.89. The second-order valence-electron chi connectivity index (χ2n) is 5.07. The minimum Gasteiger partial charge on any atom is -0.377 e. The predicted molar refractivity (Wildman–Crippen MR) is 92.4 cm³/mol. The fraction of sp³-hybridized carbons (Fsp3) is 0.111. The molecule has 0 bridgehead atoms. The molecule has 1 nitrogen and oxygen atoms in total. The van der Waals surface area contributed by atoms with Crippen molar-refractivity contribution in [2.75, 3.05) is 5.32 Å². The first-order valence-corrected chi connectivity index (χ1v) is 7.60. The number of nitrogens with one attached hydrogen (secondary N) is 1. The Hall–Kier alpha value is -1.70. The van der Waals surface area contributed by atoms with Gasteiger partial charge in [-0.1, -0.05) is 65.7 Å². The van der Waals surface area contributed by atoms with Crippen LogP contribution in [0.15, 0.2) is 60.7 Å². The highest BCUT2D eigenvalue weighted by Crippen LogP contribution is 2.32. The second kappa shape index (κ2) is 5.97. The van der Waals surface area contributed by atoms with Crippen LogP contribution >= 0.6 is 23.2 Å². The first-order chi connectivity index (χ1) is 10.1. The maximum Gasteiger partial charge on any atom is 0.0823 e. The summed E-state index contributed by atoms with van der Waals surface area (Å²) < 4.78 is 0. The number of hydrogen-bond donors (Lipinski definition) is 1. The largest absolute Gasteiger partial charge is 0.377 e. The Labute approximate surface area is 134 Å². The van der Waals surface area contributed by atoms with E-state index < -0.39 is 0 Å². The third kappa shape index (κ3) is 2.99. The van der Waals surface area contributed by atoms with E-state index in [1.165, 1.54) is 16.3 Å². The van der Waals surface area contributed by atoms with E-state index in [0.29, 0.717) is 10.0 Å². The molecule has 0 radical (unpaired) electrons. The van der Waals surface area contributed by atoms with Crippen molar-refractivity contribution in [1.29, 1.82) is 0 Å². The van der Waals surface area contributed by atoms with E-state index in [-0.39, 0.29) is 6.04 Å². The van der Waals surface area contributed by atoms with Crippen molar-refractivity contribution in [2.45, 2.75) is 13.0 Å². The van der Waals surface area contributed by atoms with Crippen LogP contribution in [0.2, 0.25) is 10.0 Å². The Morgan fingerprint density at radius 1 is 0.857 bits per heavy atom. The van der Waals surface area contributed by atoms with Crippen LogP contribution in [0.1, 0.15) is 18.5 Å². The van der Waals surface area contributed by atoms with Crippen molar-refractivity contribution < 1.29 is 0 Å². The SMILES string of the molecule is CC(Nc1cccc(Cl)c1Cl)c1ccc2ccccc2c1. The van der Waals surface area contributed by atoms with Gasteiger partial charge in [0.2, 0.25) is 0 Å². The smallest absolute Gasteiger partial charge is 0.0823 e. The molecule has 0 saturated carbocycles. The molecule has 3 aromatic carbocycles. The molecule has 1 atom stereocenters. The molecule has 0 heterocycles. The van der Waals surface area contributed by atoms with E-state index in [4.69, 9.17) is 23.2 Å². The van der Waals surface area contributed by atoms with Crippen molar-refractivity contribution in [3.8, 4) is 0 Å². The predicted octanol–water partition coefficient (Wildman–Crippen LogP) is 6.32. The standard InChI is InChI=1S/C18H15Cl2N/c1-12(21-17-8-4-7-16(19)18(17)20)14-10-9-13-5-2-3-6-15(13)11-14/h2-12,21H,1H3. The van der Waals surface area contributed by atoms with Crippen LogP contribution in [-0.2, 0) is 0 Å². The Morgan fingerprint density at radius 2 is 1.62 bits per heavy atom. The van der Waals surface area contributed by atoms with E-state index in [9.17, 15) is 0 Å². The molecule has 0 fully saturated rings. The number of benzene rings is 3. The molecule has 0 amide bonds. The van der Waals surface area contributed by atoms with Crippen molar-refractivity contribution in [1.82, 2.24) is 0 Å². The van der Waals surface area contributed by atoms with Gasteiger partial charge in [0, 0.05) is 6.04 Å². The highest BCUT2D eigenvalue weighted by atomic mass is 35.5. The topological polar surface area (TPSA) is 12.0 Å². The average Bonchev–Trinajstić information content (AvgIpc) is 2.51. The van der Waals surface area contributed by atoms with Crippen LogP contribution in [0.3, 0.4) is 0 Å². The van der Waals surface area contributed by atoms with E-state index in [0.717, 1.165) is 5.69 Å². The molecule has 21 heavy (non-hydrogen) atoms. The van der Waals surface area contributed by atoms with Gasteiger partial charge in [-0.05, 0) is 41.5 Å². The van der Waals surface area contributed by atoms with Gasteiger partial charge in [0.25, 0.3) is 0 Å². The molecule has 3 heteroatoms. The quantitative estimate of drug-likeness (QED) is 0.596. The van der Waals surface area contributed by atoms with Crippen LogP contribution in [0.25, 0.3) is 10.8 Å². The number of anilines is 1. The molecule has 0 aromatic heterocycles. The average molecular weight is 316 g/mol. The van der Waals surface area contributed by atoms with Crippen molar-refractivity contribution in [3.63, 3.8) is 0 Å². The summed E-state index contributed by atoms with van der Waals surface area (Å²) in [6.45, 7) is 2.11. The maximum atomic E-state index is 6.23. The van der Waals surface area contributed by atoms with Gasteiger partial charge in [-0.3, -0.25) is 0 Å². The number of hydrogen-bond acceptors (Lipinski definition) is 1. The fourth-order valence-corrected chi connectivity index (χ4v) is 2.76. The van der Waals surface area contributed by atoms with Crippen molar-refractivity contribution >= 4 is 39.7 Å². The zero-order chi connectivity index (χ0) is 14.8. The van der Waals surface area contributed by atoms with Gasteiger partial charge in [-0.2, -0.15) is 0 Å². The summed E-state index contributed by atoms with van der Waals surface area (Å²) in [6, 6.07) is 20.6. The summed E-state index contributed by atoms with van der Waals surface area (Å²) >= 11 is 12.3. The molecule has 1 N–H and O–H groups in total. The van der Waals surface area contributed by atoms with Gasteiger partial charge < -0.3 is 5.32 Å². The lowest BCUT2D eigenvalue weighted by molar-refractivity contribution is 0.887. The second-order valence-corrected chi connectivity index (χ2v) is 5.86. The summed E-state index contributed by atoms with van der Waals surface area (Å²) in [5.74, 6) is 0. The minimum absolute atomic E-state index is 0.144. The van der Waals surface area contributed by atoms with E-state index in [1.54, 1.807) is 6.07 Å². The van der Waals surface area contributed by atoms with Crippen LogP contribution < -0.4 is 5.32 Å². The van der Waals surface area contributed by atoms with Crippen LogP contribution in [-0.4, -0.2) is 0 Å². The lowest BCUT2D eigenvalue weighted by atomic mass is 10.0. The van der Waals surface area contributed by atoms with E-state index in [1.807, 2.05) is 12.1 Å². The molecule has 1 unspecified atom stereocenters. The summed E-state index contributed by atoms with van der Waals surface area (Å²) in [6.07, 6.45) is 0. The molecule has 0 saturated heterocycles. The van der Waals surface area contributed by atoms with Crippen LogP contribution in [0.4, 0.5) is 5.69 Å². The zero-order valence-corrected chi connectivity index (χ0v) is 13.1. The first-order valence-electron chi connectivity index (χ1n) is 6.84. The number of halogens is 2. The highest BCUT2D eigenvalue weighted by molar-refractivity contribution is 6.43. The van der Waals surface area contributed by atoms with Gasteiger partial charge in [0.05, 0.1) is 15.7 Å². The van der Waals surface area contributed by atoms with Crippen LogP contribution in [0, 0.1) is 0 Å². The fourth-order valence-electron chi connectivity index (χ4n) is 2.41. The van der Waals surface area contributed by atoms with E-state index >= 15 is 0 Å². The van der Waals surface area contributed by atoms with Gasteiger partial charge in [-0.15, -0.1) is 0 Å². The molecular formula is C18H15Cl2N. The molecule has 0 aliphatic rings. The molecule has 0 spiro atoms. The summed E-state index contributed by atoms with van der Waals surface area (Å²) in [5.41, 5.74) is 2.06. The van der Waals surface area contributed by atoms with Crippen molar-refractivity contribution in [2.24, 2.45) is 0 Å². The maximum absolute atomic E-state index is 6.23. The van der Waals surface area contributed by atoms with Crippen LogP contribution in [0.5, 0.6) is 0 Å². The molecular weight excluding hydrogens is 301 g/mol. The third-order valence-corrected chi connectivity index (χ3v) is 4.42. The molecule has 106 valence electrons. The Bertz CT molecular complexity index is 783. The van der Waals surface area contributed by atoms with Crippen molar-refractivity contribution in [3.05, 3.63) is 76.3 Å². The lowest BCUT2D eigenvalue weighted by Gasteiger charge is -2.17. The summed E-state index contributed by atoms with van der Waals surface area (Å²) in [5, 5.41) is 7.02. The first kappa shape index (κ1) is 14.2. The third-order valence-electron chi connectivity index (χ3n) is 3.60. The minimum atomic E-state index is 0.144. The molecule has 0 aliphatic carbocycles. The summed E-state index contributed by atoms with van der Waals surface area (Å²) in [7, 11) is 0. The Morgan fingerprint density at radius 3 is 2.43 bits per heavy atom. The summed E-state index contributed by atoms with van der Waals surface area (Å²) in [4.78, 5) is 0. The van der Waals surface area contributed by atoms with Gasteiger partial charge in [-0.25, -0.2) is 0 Å². The van der Waals surface area contributed by atoms with E-state index in [2.05, 4.69) is 54.7 Å². The normalized spacial score (nSPS) is 12.3. The highest BCUT2D eigenvalue weighted by Gasteiger charge is 2.10. The molecule has 3 rings (SSSR count). The van der Waals surface area contributed by atoms with Gasteiger partial charge in [0.1, 0.15) is 0 Å². The lowest BCUT2D eigenvalue weighted by Crippen LogP contribution is -2.07. The zero-order valence-electron chi connectivity index (χ0n) is 11.6. The van der Waals surface area contributed by atoms with Gasteiger partial charge in [0.15, 0.2) is 0 Å². The number of fused-ring (bicyclic) bond motifs is 1. The van der Waals surface area contributed by atoms with Gasteiger partial charge >= 0.3 is 0 Å². The molecule has 3 aromatic rings.